The maximum Gasteiger partial charge on any atom is 0.338 e. The van der Waals surface area contributed by atoms with Crippen molar-refractivity contribution < 1.29 is 23.9 Å². The molecule has 0 radical (unpaired) electrons. The van der Waals surface area contributed by atoms with Crippen LogP contribution in [0.4, 0.5) is 10.5 Å². The molecule has 1 heterocycles. The summed E-state index contributed by atoms with van der Waals surface area (Å²) in [4.78, 5) is 37.2. The van der Waals surface area contributed by atoms with Crippen molar-refractivity contribution in [1.82, 2.24) is 5.32 Å². The number of hydrogen-bond donors (Lipinski definition) is 2. The van der Waals surface area contributed by atoms with Crippen molar-refractivity contribution in [3.8, 4) is 5.75 Å². The van der Waals surface area contributed by atoms with Crippen LogP contribution in [0.15, 0.2) is 42.5 Å². The summed E-state index contributed by atoms with van der Waals surface area (Å²) in [6.07, 6.45) is 1.70. The van der Waals surface area contributed by atoms with Crippen molar-refractivity contribution in [1.29, 1.82) is 0 Å². The summed E-state index contributed by atoms with van der Waals surface area (Å²) in [6, 6.07) is 11.5. The number of hydrogen-bond acceptors (Lipinski definition) is 5. The van der Waals surface area contributed by atoms with Gasteiger partial charge in [-0.05, 0) is 54.3 Å². The maximum absolute atomic E-state index is 12.6. The molecule has 8 nitrogen and oxygen atoms in total. The van der Waals surface area contributed by atoms with E-state index in [0.717, 1.165) is 35.4 Å². The van der Waals surface area contributed by atoms with Crippen LogP contribution in [0.3, 0.4) is 0 Å². The molecule has 0 bridgehead atoms. The van der Waals surface area contributed by atoms with Gasteiger partial charge < -0.3 is 25.4 Å². The number of anilines is 1. The maximum atomic E-state index is 12.6. The lowest BCUT2D eigenvalue weighted by molar-refractivity contribution is -0.121. The Morgan fingerprint density at radius 2 is 1.90 bits per heavy atom. The van der Waals surface area contributed by atoms with Gasteiger partial charge in [0.25, 0.3) is 5.91 Å². The zero-order valence-corrected chi connectivity index (χ0v) is 16.1. The second kappa shape index (κ2) is 9.09. The molecule has 0 aliphatic carbocycles. The molecule has 0 spiro atoms. The Kier molecular flexibility index (Phi) is 6.33. The molecular formula is C21H23N3O5. The van der Waals surface area contributed by atoms with Crippen LogP contribution in [-0.2, 0) is 22.5 Å². The first-order valence-electron chi connectivity index (χ1n) is 9.24. The first-order valence-corrected chi connectivity index (χ1v) is 9.24. The fourth-order valence-electron chi connectivity index (χ4n) is 3.20. The number of urea groups is 1. The van der Waals surface area contributed by atoms with E-state index >= 15 is 0 Å². The number of rotatable bonds is 6. The third-order valence-corrected chi connectivity index (χ3v) is 4.69. The zero-order chi connectivity index (χ0) is 20.8. The molecule has 0 aromatic heterocycles. The van der Waals surface area contributed by atoms with Gasteiger partial charge in [-0.1, -0.05) is 12.1 Å². The van der Waals surface area contributed by atoms with Crippen LogP contribution in [0.1, 0.15) is 27.9 Å². The summed E-state index contributed by atoms with van der Waals surface area (Å²) in [5.41, 5.74) is 8.00. The Bertz CT molecular complexity index is 911. The molecule has 3 amide bonds. The predicted octanol–water partition coefficient (Wildman–Crippen LogP) is 2.00. The van der Waals surface area contributed by atoms with Crippen molar-refractivity contribution in [3.05, 3.63) is 59.2 Å². The van der Waals surface area contributed by atoms with Crippen LogP contribution < -0.4 is 20.7 Å². The van der Waals surface area contributed by atoms with Crippen molar-refractivity contribution in [2.24, 2.45) is 5.73 Å². The third kappa shape index (κ3) is 5.04. The molecule has 8 heteroatoms. The molecule has 0 saturated heterocycles. The lowest BCUT2D eigenvalue weighted by Gasteiger charge is -2.29. The Morgan fingerprint density at radius 3 is 2.59 bits per heavy atom. The van der Waals surface area contributed by atoms with Crippen molar-refractivity contribution >= 4 is 23.6 Å². The van der Waals surface area contributed by atoms with Gasteiger partial charge in [-0.2, -0.15) is 0 Å². The monoisotopic (exact) mass is 397 g/mol. The minimum Gasteiger partial charge on any atom is -0.497 e. The Labute approximate surface area is 168 Å². The average molecular weight is 397 g/mol. The molecule has 0 atom stereocenters. The van der Waals surface area contributed by atoms with Gasteiger partial charge in [0.15, 0.2) is 6.61 Å². The summed E-state index contributed by atoms with van der Waals surface area (Å²) in [6.45, 7) is 0.509. The number of nitrogens with two attached hydrogens (primary N) is 1. The molecule has 2 aromatic rings. The quantitative estimate of drug-likeness (QED) is 0.725. The summed E-state index contributed by atoms with van der Waals surface area (Å²) in [5.74, 6) is -0.106. The predicted molar refractivity (Wildman–Crippen MR) is 107 cm³/mol. The molecule has 152 valence electrons. The topological polar surface area (TPSA) is 111 Å². The molecule has 3 rings (SSSR count). The summed E-state index contributed by atoms with van der Waals surface area (Å²) in [5, 5.41) is 2.47. The number of carbonyl (C=O) groups excluding carboxylic acids is 3. The minimum absolute atomic E-state index is 0.266. The van der Waals surface area contributed by atoms with Crippen molar-refractivity contribution in [3.63, 3.8) is 0 Å². The van der Waals surface area contributed by atoms with E-state index in [-0.39, 0.29) is 19.1 Å². The Balaban J connectivity index is 1.58. The van der Waals surface area contributed by atoms with Crippen LogP contribution in [-0.4, -0.2) is 38.2 Å². The van der Waals surface area contributed by atoms with E-state index < -0.39 is 12.0 Å². The second-order valence-corrected chi connectivity index (χ2v) is 6.63. The number of methoxy groups -OCH3 is 1. The standard InChI is InChI=1S/C21H23N3O5/c1-28-17-8-9-18-16(11-17)3-2-10-24(18)19(25)13-29-20(26)15-6-4-14(5-7-15)12-23-21(22)27/h4-9,11H,2-3,10,12-13H2,1H3,(H3,22,23,27). The van der Waals surface area contributed by atoms with E-state index in [0.29, 0.717) is 12.1 Å². The van der Waals surface area contributed by atoms with Crippen LogP contribution in [0.5, 0.6) is 5.75 Å². The molecule has 1 aliphatic heterocycles. The lowest BCUT2D eigenvalue weighted by atomic mass is 10.0. The normalized spacial score (nSPS) is 12.7. The van der Waals surface area contributed by atoms with Gasteiger partial charge in [0.05, 0.1) is 12.7 Å². The van der Waals surface area contributed by atoms with Crippen molar-refractivity contribution in [2.75, 3.05) is 25.2 Å². The van der Waals surface area contributed by atoms with E-state index in [1.807, 2.05) is 18.2 Å². The number of benzene rings is 2. The molecule has 3 N–H and O–H groups in total. The number of fused-ring (bicyclic) bond motifs is 1. The average Bonchev–Trinajstić information content (AvgIpc) is 2.75. The van der Waals surface area contributed by atoms with E-state index in [4.69, 9.17) is 15.2 Å². The SMILES string of the molecule is COc1ccc2c(c1)CCCN2C(=O)COC(=O)c1ccc(CNC(N)=O)cc1. The molecule has 29 heavy (non-hydrogen) atoms. The smallest absolute Gasteiger partial charge is 0.338 e. The Hall–Kier alpha value is -3.55. The van der Waals surface area contributed by atoms with Gasteiger partial charge in [-0.15, -0.1) is 0 Å². The highest BCUT2D eigenvalue weighted by molar-refractivity contribution is 5.98. The van der Waals surface area contributed by atoms with Gasteiger partial charge in [0.1, 0.15) is 5.75 Å². The number of nitrogens with zero attached hydrogens (tertiary/aromatic N) is 1. The third-order valence-electron chi connectivity index (χ3n) is 4.69. The number of nitrogens with one attached hydrogen (secondary N) is 1. The molecule has 1 aliphatic rings. The highest BCUT2D eigenvalue weighted by Gasteiger charge is 2.24. The first-order chi connectivity index (χ1) is 14.0. The molecule has 0 unspecified atom stereocenters. The minimum atomic E-state index is -0.621. The van der Waals surface area contributed by atoms with E-state index in [2.05, 4.69) is 5.32 Å². The summed E-state index contributed by atoms with van der Waals surface area (Å²) >= 11 is 0. The van der Waals surface area contributed by atoms with Gasteiger partial charge in [-0.25, -0.2) is 9.59 Å². The van der Waals surface area contributed by atoms with Gasteiger partial charge in [-0.3, -0.25) is 4.79 Å². The van der Waals surface area contributed by atoms with E-state index in [1.165, 1.54) is 0 Å². The second-order valence-electron chi connectivity index (χ2n) is 6.63. The molecule has 2 aromatic carbocycles. The van der Waals surface area contributed by atoms with Crippen LogP contribution in [0.25, 0.3) is 0 Å². The highest BCUT2D eigenvalue weighted by atomic mass is 16.5. The first kappa shape index (κ1) is 20.2. The lowest BCUT2D eigenvalue weighted by Crippen LogP contribution is -2.38. The Morgan fingerprint density at radius 1 is 1.14 bits per heavy atom. The highest BCUT2D eigenvalue weighted by Crippen LogP contribution is 2.30. The van der Waals surface area contributed by atoms with Gasteiger partial charge in [0.2, 0.25) is 0 Å². The fourth-order valence-corrected chi connectivity index (χ4v) is 3.20. The summed E-state index contributed by atoms with van der Waals surface area (Å²) in [7, 11) is 1.60. The molecular weight excluding hydrogens is 374 g/mol. The number of amides is 3. The number of esters is 1. The molecule has 0 fully saturated rings. The number of aryl methyl sites for hydroxylation is 1. The number of ether oxygens (including phenoxy) is 2. The van der Waals surface area contributed by atoms with Crippen LogP contribution in [0.2, 0.25) is 0 Å². The fraction of sp³-hybridized carbons (Fsp3) is 0.286. The van der Waals surface area contributed by atoms with Gasteiger partial charge in [0, 0.05) is 18.8 Å². The summed E-state index contributed by atoms with van der Waals surface area (Å²) < 4.78 is 10.4. The van der Waals surface area contributed by atoms with Crippen LogP contribution in [0, 0.1) is 0 Å². The van der Waals surface area contributed by atoms with Crippen LogP contribution >= 0.6 is 0 Å². The number of carbonyl (C=O) groups is 3. The van der Waals surface area contributed by atoms with E-state index in [1.54, 1.807) is 36.3 Å². The van der Waals surface area contributed by atoms with Crippen molar-refractivity contribution in [2.45, 2.75) is 19.4 Å². The van der Waals surface area contributed by atoms with Gasteiger partial charge >= 0.3 is 12.0 Å². The molecule has 0 saturated carbocycles. The zero-order valence-electron chi connectivity index (χ0n) is 16.1. The largest absolute Gasteiger partial charge is 0.497 e. The number of primary amides is 1. The van der Waals surface area contributed by atoms with E-state index in [9.17, 15) is 14.4 Å².